The molecule has 268 valence electrons. The second-order valence-corrected chi connectivity index (χ2v) is 13.0. The Labute approximate surface area is 286 Å². The first kappa shape index (κ1) is 44.4. The summed E-state index contributed by atoms with van der Waals surface area (Å²) in [5.41, 5.74) is 0. The van der Waals surface area contributed by atoms with Crippen LogP contribution in [0.4, 0.5) is 0 Å². The van der Waals surface area contributed by atoms with Crippen LogP contribution < -0.4 is 0 Å². The Morgan fingerprint density at radius 3 is 1.48 bits per heavy atom. The molecule has 0 aliphatic rings. The Balaban J connectivity index is 3.47. The SMILES string of the molecule is CCC/C=C\CCCCCCCCOCC(CO)OC(=O)CCCCCCCCCC/C=C\C/C=C\C/C=C\CCCCCCC. The van der Waals surface area contributed by atoms with Gasteiger partial charge in [-0.05, 0) is 70.6 Å². The first-order valence-electron chi connectivity index (χ1n) is 19.7. The second-order valence-electron chi connectivity index (χ2n) is 13.0. The summed E-state index contributed by atoms with van der Waals surface area (Å²) < 4.78 is 11.1. The molecule has 0 bridgehead atoms. The van der Waals surface area contributed by atoms with Gasteiger partial charge in [-0.25, -0.2) is 0 Å². The maximum absolute atomic E-state index is 12.2. The molecule has 0 spiro atoms. The van der Waals surface area contributed by atoms with Gasteiger partial charge >= 0.3 is 5.97 Å². The zero-order valence-electron chi connectivity index (χ0n) is 30.6. The highest BCUT2D eigenvalue weighted by atomic mass is 16.6. The fourth-order valence-electron chi connectivity index (χ4n) is 5.40. The van der Waals surface area contributed by atoms with E-state index in [1.54, 1.807) is 0 Å². The van der Waals surface area contributed by atoms with Gasteiger partial charge in [-0.15, -0.1) is 0 Å². The molecule has 0 heterocycles. The molecule has 0 aliphatic carbocycles. The van der Waals surface area contributed by atoms with E-state index in [4.69, 9.17) is 9.47 Å². The molecule has 4 heteroatoms. The lowest BCUT2D eigenvalue weighted by atomic mass is 10.1. The van der Waals surface area contributed by atoms with E-state index in [9.17, 15) is 9.90 Å². The fourth-order valence-corrected chi connectivity index (χ4v) is 5.40. The average molecular weight is 645 g/mol. The van der Waals surface area contributed by atoms with Crippen molar-refractivity contribution < 1.29 is 19.4 Å². The minimum Gasteiger partial charge on any atom is -0.457 e. The molecule has 0 aromatic rings. The molecular weight excluding hydrogens is 568 g/mol. The number of carbonyl (C=O) groups excluding carboxylic acids is 1. The predicted molar refractivity (Wildman–Crippen MR) is 200 cm³/mol. The summed E-state index contributed by atoms with van der Waals surface area (Å²) in [6.07, 6.45) is 50.1. The molecule has 4 nitrogen and oxygen atoms in total. The lowest BCUT2D eigenvalue weighted by Crippen LogP contribution is -2.27. The van der Waals surface area contributed by atoms with Crippen molar-refractivity contribution in [3.8, 4) is 0 Å². The number of aliphatic hydroxyl groups excluding tert-OH is 1. The molecule has 46 heavy (non-hydrogen) atoms. The van der Waals surface area contributed by atoms with Crippen molar-refractivity contribution in [1.82, 2.24) is 0 Å². The normalized spacial score (nSPS) is 12.8. The number of allylic oxidation sites excluding steroid dienone is 8. The molecule has 1 unspecified atom stereocenters. The van der Waals surface area contributed by atoms with E-state index >= 15 is 0 Å². The van der Waals surface area contributed by atoms with Gasteiger partial charge in [0.1, 0.15) is 6.10 Å². The molecule has 1 N–H and O–H groups in total. The summed E-state index contributed by atoms with van der Waals surface area (Å²) in [7, 11) is 0. The number of unbranched alkanes of at least 4 members (excludes halogenated alkanes) is 20. The highest BCUT2D eigenvalue weighted by molar-refractivity contribution is 5.69. The van der Waals surface area contributed by atoms with Crippen molar-refractivity contribution in [3.63, 3.8) is 0 Å². The number of hydrogen-bond donors (Lipinski definition) is 1. The third-order valence-corrected chi connectivity index (χ3v) is 8.36. The number of hydrogen-bond acceptors (Lipinski definition) is 4. The lowest BCUT2D eigenvalue weighted by molar-refractivity contribution is -0.154. The third-order valence-electron chi connectivity index (χ3n) is 8.36. The molecular formula is C42H76O4. The number of aliphatic hydroxyl groups is 1. The minimum atomic E-state index is -0.540. The van der Waals surface area contributed by atoms with Crippen LogP contribution in [-0.2, 0) is 14.3 Å². The number of carbonyl (C=O) groups is 1. The summed E-state index contributed by atoms with van der Waals surface area (Å²) in [6, 6.07) is 0. The Morgan fingerprint density at radius 1 is 0.522 bits per heavy atom. The molecule has 0 radical (unpaired) electrons. The smallest absolute Gasteiger partial charge is 0.306 e. The van der Waals surface area contributed by atoms with E-state index in [2.05, 4.69) is 62.5 Å². The van der Waals surface area contributed by atoms with Crippen LogP contribution in [-0.4, -0.2) is 37.0 Å². The van der Waals surface area contributed by atoms with Gasteiger partial charge in [-0.3, -0.25) is 4.79 Å². The molecule has 0 saturated heterocycles. The summed E-state index contributed by atoms with van der Waals surface area (Å²) in [5.74, 6) is -0.212. The van der Waals surface area contributed by atoms with Gasteiger partial charge in [0.15, 0.2) is 0 Å². The van der Waals surface area contributed by atoms with Crippen molar-refractivity contribution in [2.75, 3.05) is 19.8 Å². The lowest BCUT2D eigenvalue weighted by Gasteiger charge is -2.15. The van der Waals surface area contributed by atoms with Gasteiger partial charge in [-0.1, -0.05) is 159 Å². The van der Waals surface area contributed by atoms with E-state index in [0.29, 0.717) is 13.0 Å². The first-order valence-corrected chi connectivity index (χ1v) is 19.7. The van der Waals surface area contributed by atoms with Gasteiger partial charge in [-0.2, -0.15) is 0 Å². The van der Waals surface area contributed by atoms with Crippen molar-refractivity contribution in [1.29, 1.82) is 0 Å². The molecule has 0 rings (SSSR count). The summed E-state index contributed by atoms with van der Waals surface area (Å²) >= 11 is 0. The highest BCUT2D eigenvalue weighted by Crippen LogP contribution is 2.12. The number of esters is 1. The van der Waals surface area contributed by atoms with Crippen molar-refractivity contribution >= 4 is 5.97 Å². The van der Waals surface area contributed by atoms with Crippen LogP contribution in [0.2, 0.25) is 0 Å². The van der Waals surface area contributed by atoms with Crippen molar-refractivity contribution in [2.24, 2.45) is 0 Å². The van der Waals surface area contributed by atoms with E-state index < -0.39 is 6.10 Å². The van der Waals surface area contributed by atoms with Crippen LogP contribution in [0, 0.1) is 0 Å². The topological polar surface area (TPSA) is 55.8 Å². The van der Waals surface area contributed by atoms with Crippen LogP contribution >= 0.6 is 0 Å². The molecule has 0 fully saturated rings. The molecule has 0 aromatic carbocycles. The van der Waals surface area contributed by atoms with Crippen LogP contribution in [0.15, 0.2) is 48.6 Å². The molecule has 0 aliphatic heterocycles. The van der Waals surface area contributed by atoms with Gasteiger partial charge in [0.05, 0.1) is 13.2 Å². The van der Waals surface area contributed by atoms with Gasteiger partial charge in [0.25, 0.3) is 0 Å². The highest BCUT2D eigenvalue weighted by Gasteiger charge is 2.13. The Morgan fingerprint density at radius 2 is 0.957 bits per heavy atom. The quantitative estimate of drug-likeness (QED) is 0.0419. The summed E-state index contributed by atoms with van der Waals surface area (Å²) in [6.45, 7) is 5.26. The van der Waals surface area contributed by atoms with Crippen LogP contribution in [0.1, 0.15) is 187 Å². The van der Waals surface area contributed by atoms with Crippen LogP contribution in [0.5, 0.6) is 0 Å². The molecule has 1 atom stereocenters. The maximum atomic E-state index is 12.2. The Hall–Kier alpha value is -1.65. The monoisotopic (exact) mass is 645 g/mol. The van der Waals surface area contributed by atoms with E-state index in [1.807, 2.05) is 0 Å². The minimum absolute atomic E-state index is 0.178. The average Bonchev–Trinajstić information content (AvgIpc) is 3.06. The van der Waals surface area contributed by atoms with Crippen LogP contribution in [0.3, 0.4) is 0 Å². The van der Waals surface area contributed by atoms with Gasteiger partial charge < -0.3 is 14.6 Å². The van der Waals surface area contributed by atoms with Gasteiger partial charge in [0, 0.05) is 13.0 Å². The number of ether oxygens (including phenoxy) is 2. The van der Waals surface area contributed by atoms with Crippen molar-refractivity contribution in [2.45, 2.75) is 193 Å². The number of rotatable bonds is 36. The molecule has 0 amide bonds. The summed E-state index contributed by atoms with van der Waals surface area (Å²) in [5, 5.41) is 9.55. The second kappa shape index (κ2) is 39.5. The third kappa shape index (κ3) is 36.8. The largest absolute Gasteiger partial charge is 0.457 e. The predicted octanol–water partition coefficient (Wildman–Crippen LogP) is 12.7. The van der Waals surface area contributed by atoms with E-state index in [1.165, 1.54) is 135 Å². The maximum Gasteiger partial charge on any atom is 0.306 e. The Kier molecular flexibility index (Phi) is 38.1. The Bertz CT molecular complexity index is 723. The van der Waals surface area contributed by atoms with Gasteiger partial charge in [0.2, 0.25) is 0 Å². The molecule has 0 saturated carbocycles. The fraction of sp³-hybridized carbons (Fsp3) is 0.786. The van der Waals surface area contributed by atoms with E-state index in [0.717, 1.165) is 32.1 Å². The molecule has 0 aromatic heterocycles. The summed E-state index contributed by atoms with van der Waals surface area (Å²) in [4.78, 5) is 12.2. The first-order chi connectivity index (χ1) is 22.7. The van der Waals surface area contributed by atoms with E-state index in [-0.39, 0.29) is 19.2 Å². The zero-order chi connectivity index (χ0) is 33.4. The van der Waals surface area contributed by atoms with Crippen molar-refractivity contribution in [3.05, 3.63) is 48.6 Å². The zero-order valence-corrected chi connectivity index (χ0v) is 30.6. The van der Waals surface area contributed by atoms with Crippen LogP contribution in [0.25, 0.3) is 0 Å². The standard InChI is InChI=1S/C42H76O4/c1-3-5-7-9-11-13-15-16-17-18-19-20-21-22-23-24-25-26-27-29-31-33-35-37-42(44)46-41(39-43)40-45-38-36-34-32-30-28-14-12-10-8-6-4-2/h8,10,15-16,18-19,21-22,41,43H,3-7,9,11-14,17,20,23-40H2,1-2H3/b10-8-,16-15-,19-18-,22-21-.